The second-order valence-electron chi connectivity index (χ2n) is 5.14. The highest BCUT2D eigenvalue weighted by Crippen LogP contribution is 2.29. The van der Waals surface area contributed by atoms with Gasteiger partial charge in [-0.15, -0.1) is 0 Å². The monoisotopic (exact) mass is 273 g/mol. The van der Waals surface area contributed by atoms with Crippen molar-refractivity contribution >= 4 is 5.82 Å². The van der Waals surface area contributed by atoms with Crippen LogP contribution in [0.15, 0.2) is 22.9 Å². The van der Waals surface area contributed by atoms with Gasteiger partial charge in [-0.05, 0) is 25.0 Å². The van der Waals surface area contributed by atoms with Gasteiger partial charge in [-0.1, -0.05) is 12.1 Å². The molecule has 1 fully saturated rings. The van der Waals surface area contributed by atoms with E-state index in [0.717, 1.165) is 49.6 Å². The molecule has 0 saturated carbocycles. The lowest BCUT2D eigenvalue weighted by molar-refractivity contribution is 0.422. The maximum absolute atomic E-state index is 5.97. The van der Waals surface area contributed by atoms with Crippen LogP contribution >= 0.6 is 0 Å². The van der Waals surface area contributed by atoms with Crippen LogP contribution in [0.2, 0.25) is 0 Å². The Kier molecular flexibility index (Phi) is 3.64. The first kappa shape index (κ1) is 13.1. The van der Waals surface area contributed by atoms with Crippen LogP contribution in [0.1, 0.15) is 25.6 Å². The zero-order valence-electron chi connectivity index (χ0n) is 11.6. The van der Waals surface area contributed by atoms with Crippen LogP contribution in [0.3, 0.4) is 0 Å². The smallest absolute Gasteiger partial charge is 0.261 e. The normalized spacial score (nSPS) is 18.7. The summed E-state index contributed by atoms with van der Waals surface area (Å²) in [7, 11) is 0. The van der Waals surface area contributed by atoms with Crippen molar-refractivity contribution in [2.24, 2.45) is 5.73 Å². The molecule has 0 spiro atoms. The van der Waals surface area contributed by atoms with Gasteiger partial charge < -0.3 is 15.2 Å². The molecule has 2 aromatic heterocycles. The van der Waals surface area contributed by atoms with Crippen molar-refractivity contribution in [3.8, 4) is 11.5 Å². The van der Waals surface area contributed by atoms with Gasteiger partial charge in [-0.25, -0.2) is 4.98 Å². The van der Waals surface area contributed by atoms with Gasteiger partial charge in [0, 0.05) is 31.7 Å². The van der Waals surface area contributed by atoms with Gasteiger partial charge in [-0.2, -0.15) is 4.98 Å². The number of hydrogen-bond donors (Lipinski definition) is 1. The van der Waals surface area contributed by atoms with Gasteiger partial charge in [0.25, 0.3) is 5.89 Å². The lowest BCUT2D eigenvalue weighted by atomic mass is 10.2. The molecule has 1 aliphatic heterocycles. The predicted octanol–water partition coefficient (Wildman–Crippen LogP) is 1.62. The highest BCUT2D eigenvalue weighted by Gasteiger charge is 2.24. The molecule has 20 heavy (non-hydrogen) atoms. The second kappa shape index (κ2) is 5.58. The first-order valence-corrected chi connectivity index (χ1v) is 7.06. The number of nitrogens with two attached hydrogens (primary N) is 1. The van der Waals surface area contributed by atoms with Crippen LogP contribution in [0, 0.1) is 0 Å². The molecule has 1 atom stereocenters. The third-order valence-electron chi connectivity index (χ3n) is 3.48. The summed E-state index contributed by atoms with van der Waals surface area (Å²) in [6.45, 7) is 3.83. The molecule has 0 radical (unpaired) electrons. The Labute approximate surface area is 118 Å². The van der Waals surface area contributed by atoms with Crippen molar-refractivity contribution in [3.63, 3.8) is 0 Å². The number of nitrogens with zero attached hydrogens (tertiary/aromatic N) is 4. The Morgan fingerprint density at radius 2 is 2.40 bits per heavy atom. The summed E-state index contributed by atoms with van der Waals surface area (Å²) >= 11 is 0. The molecule has 3 heterocycles. The molecule has 6 nitrogen and oxygen atoms in total. The zero-order valence-corrected chi connectivity index (χ0v) is 11.6. The Bertz CT molecular complexity index is 582. The van der Waals surface area contributed by atoms with Crippen molar-refractivity contribution < 1.29 is 4.52 Å². The molecule has 0 amide bonds. The minimum Gasteiger partial charge on any atom is -0.354 e. The average Bonchev–Trinajstić information content (AvgIpc) is 3.08. The van der Waals surface area contributed by atoms with Crippen molar-refractivity contribution in [2.75, 3.05) is 18.0 Å². The summed E-state index contributed by atoms with van der Waals surface area (Å²) in [5.41, 5.74) is 6.86. The molecule has 3 rings (SSSR count). The first-order chi connectivity index (χ1) is 9.78. The molecule has 2 aromatic rings. The van der Waals surface area contributed by atoms with E-state index in [2.05, 4.69) is 26.9 Å². The molecule has 1 unspecified atom stereocenters. The second-order valence-corrected chi connectivity index (χ2v) is 5.14. The Hall–Kier alpha value is -1.95. The Balaban J connectivity index is 1.92. The van der Waals surface area contributed by atoms with Crippen LogP contribution in [0.25, 0.3) is 11.5 Å². The highest BCUT2D eigenvalue weighted by molar-refractivity contribution is 5.70. The van der Waals surface area contributed by atoms with Gasteiger partial charge in [0.05, 0.1) is 5.56 Å². The van der Waals surface area contributed by atoms with Crippen molar-refractivity contribution in [1.29, 1.82) is 0 Å². The van der Waals surface area contributed by atoms with E-state index in [4.69, 9.17) is 10.3 Å². The maximum Gasteiger partial charge on any atom is 0.261 e. The number of aryl methyl sites for hydroxylation is 1. The minimum absolute atomic E-state index is 0.211. The van der Waals surface area contributed by atoms with Gasteiger partial charge in [0.2, 0.25) is 0 Å². The average molecular weight is 273 g/mol. The van der Waals surface area contributed by atoms with Gasteiger partial charge in [0.15, 0.2) is 5.82 Å². The standard InChI is InChI=1S/C14H19N5O/c1-2-4-12-17-14(20-18-12)11-5-3-7-16-13(11)19-8-6-10(15)9-19/h3,5,7,10H,2,4,6,8-9,15H2,1H3. The fraction of sp³-hybridized carbons (Fsp3) is 0.500. The van der Waals surface area contributed by atoms with E-state index < -0.39 is 0 Å². The van der Waals surface area contributed by atoms with Crippen LogP contribution in [-0.2, 0) is 6.42 Å². The summed E-state index contributed by atoms with van der Waals surface area (Å²) in [4.78, 5) is 11.1. The SMILES string of the molecule is CCCc1noc(-c2cccnc2N2CCC(N)C2)n1. The molecular weight excluding hydrogens is 254 g/mol. The Morgan fingerprint density at radius 1 is 1.50 bits per heavy atom. The van der Waals surface area contributed by atoms with Gasteiger partial charge >= 0.3 is 0 Å². The largest absolute Gasteiger partial charge is 0.354 e. The molecule has 6 heteroatoms. The third-order valence-corrected chi connectivity index (χ3v) is 3.48. The van der Waals surface area contributed by atoms with E-state index in [1.165, 1.54) is 0 Å². The van der Waals surface area contributed by atoms with Crippen LogP contribution in [0.5, 0.6) is 0 Å². The molecular formula is C14H19N5O. The number of pyridine rings is 1. The number of rotatable bonds is 4. The summed E-state index contributed by atoms with van der Waals surface area (Å²) < 4.78 is 5.37. The number of anilines is 1. The fourth-order valence-corrected chi connectivity index (χ4v) is 2.48. The molecule has 1 saturated heterocycles. The molecule has 0 aromatic carbocycles. The third kappa shape index (κ3) is 2.51. The van der Waals surface area contributed by atoms with Crippen LogP contribution in [0.4, 0.5) is 5.82 Å². The fourth-order valence-electron chi connectivity index (χ4n) is 2.48. The van der Waals surface area contributed by atoms with Crippen molar-refractivity contribution in [3.05, 3.63) is 24.2 Å². The quantitative estimate of drug-likeness (QED) is 0.911. The van der Waals surface area contributed by atoms with E-state index in [-0.39, 0.29) is 6.04 Å². The summed E-state index contributed by atoms with van der Waals surface area (Å²) in [5, 5.41) is 4.01. The van der Waals surface area contributed by atoms with Crippen molar-refractivity contribution in [2.45, 2.75) is 32.2 Å². The van der Waals surface area contributed by atoms with E-state index in [1.54, 1.807) is 6.20 Å². The zero-order chi connectivity index (χ0) is 13.9. The Morgan fingerprint density at radius 3 is 3.15 bits per heavy atom. The predicted molar refractivity (Wildman–Crippen MR) is 76.3 cm³/mol. The van der Waals surface area contributed by atoms with Gasteiger partial charge in [-0.3, -0.25) is 0 Å². The molecule has 2 N–H and O–H groups in total. The van der Waals surface area contributed by atoms with E-state index in [0.29, 0.717) is 5.89 Å². The molecule has 0 bridgehead atoms. The minimum atomic E-state index is 0.211. The van der Waals surface area contributed by atoms with Crippen LogP contribution in [-0.4, -0.2) is 34.3 Å². The topological polar surface area (TPSA) is 81.1 Å². The lowest BCUT2D eigenvalue weighted by Crippen LogP contribution is -2.27. The van der Waals surface area contributed by atoms with Crippen LogP contribution < -0.4 is 10.6 Å². The molecule has 0 aliphatic carbocycles. The lowest BCUT2D eigenvalue weighted by Gasteiger charge is -2.18. The summed E-state index contributed by atoms with van der Waals surface area (Å²) in [6.07, 6.45) is 4.60. The summed E-state index contributed by atoms with van der Waals surface area (Å²) in [6, 6.07) is 4.07. The van der Waals surface area contributed by atoms with Gasteiger partial charge in [0.1, 0.15) is 5.82 Å². The first-order valence-electron chi connectivity index (χ1n) is 7.06. The van der Waals surface area contributed by atoms with E-state index in [9.17, 15) is 0 Å². The van der Waals surface area contributed by atoms with E-state index >= 15 is 0 Å². The molecule has 1 aliphatic rings. The summed E-state index contributed by atoms with van der Waals surface area (Å²) in [5.74, 6) is 2.17. The number of aromatic nitrogens is 3. The van der Waals surface area contributed by atoms with Crippen molar-refractivity contribution in [1.82, 2.24) is 15.1 Å². The number of hydrogen-bond acceptors (Lipinski definition) is 6. The maximum atomic E-state index is 5.97. The van der Waals surface area contributed by atoms with E-state index in [1.807, 2.05) is 12.1 Å². The highest BCUT2D eigenvalue weighted by atomic mass is 16.5. The molecule has 106 valence electrons.